The first kappa shape index (κ1) is 22.0. The van der Waals surface area contributed by atoms with Gasteiger partial charge >= 0.3 is 0 Å². The van der Waals surface area contributed by atoms with Crippen LogP contribution in [0.2, 0.25) is 0 Å². The number of benzene rings is 2. The van der Waals surface area contributed by atoms with Crippen LogP contribution in [0.5, 0.6) is 0 Å². The maximum atomic E-state index is 12.3. The van der Waals surface area contributed by atoms with Gasteiger partial charge in [0.1, 0.15) is 32.7 Å². The summed E-state index contributed by atoms with van der Waals surface area (Å²) < 4.78 is 0. The van der Waals surface area contributed by atoms with Crippen LogP contribution in [0.1, 0.15) is 22.3 Å². The molecule has 0 radical (unpaired) electrons. The van der Waals surface area contributed by atoms with Crippen LogP contribution in [0, 0.1) is 20.8 Å². The number of hydrogen-bond acceptors (Lipinski definition) is 2. The highest BCUT2D eigenvalue weighted by molar-refractivity contribution is 5.95. The molecule has 0 bridgehead atoms. The lowest BCUT2D eigenvalue weighted by Gasteiger charge is -2.29. The first-order valence-electron chi connectivity index (χ1n) is 10.8. The molecule has 1 aliphatic rings. The Morgan fingerprint density at radius 2 is 1.50 bits per heavy atom. The smallest absolute Gasteiger partial charge is 0.275 e. The molecule has 3 rings (SSSR count). The van der Waals surface area contributed by atoms with Gasteiger partial charge in [-0.2, -0.15) is 0 Å². The monoisotopic (exact) mass is 410 g/mol. The third-order valence-electron chi connectivity index (χ3n) is 5.80. The molecule has 0 unspecified atom stereocenters. The lowest BCUT2D eigenvalue weighted by molar-refractivity contribution is -1.02. The minimum Gasteiger partial charge on any atom is -0.342 e. The van der Waals surface area contributed by atoms with Crippen LogP contribution >= 0.6 is 0 Å². The van der Waals surface area contributed by atoms with E-state index in [9.17, 15) is 9.59 Å². The van der Waals surface area contributed by atoms with E-state index in [1.165, 1.54) is 16.0 Å². The van der Waals surface area contributed by atoms with Gasteiger partial charge in [-0.3, -0.25) is 9.59 Å². The van der Waals surface area contributed by atoms with Gasteiger partial charge in [-0.1, -0.05) is 48.0 Å². The van der Waals surface area contributed by atoms with Crippen LogP contribution < -0.4 is 20.4 Å². The Morgan fingerprint density at radius 1 is 0.867 bits per heavy atom. The third-order valence-corrected chi connectivity index (χ3v) is 5.80. The van der Waals surface area contributed by atoms with Crippen molar-refractivity contribution in [2.45, 2.75) is 27.3 Å². The molecule has 0 saturated carbocycles. The zero-order chi connectivity index (χ0) is 21.5. The van der Waals surface area contributed by atoms with E-state index in [1.54, 1.807) is 4.90 Å². The molecular weight excluding hydrogens is 376 g/mol. The summed E-state index contributed by atoms with van der Waals surface area (Å²) in [5, 5.41) is 5.67. The minimum absolute atomic E-state index is 0.00458. The normalized spacial score (nSPS) is 18.6. The number of hydrogen-bond donors (Lipinski definition) is 4. The predicted molar refractivity (Wildman–Crippen MR) is 119 cm³/mol. The van der Waals surface area contributed by atoms with E-state index in [0.29, 0.717) is 6.54 Å². The Balaban J connectivity index is 1.37. The summed E-state index contributed by atoms with van der Waals surface area (Å²) >= 11 is 0. The second-order valence-corrected chi connectivity index (χ2v) is 8.43. The van der Waals surface area contributed by atoms with Crippen LogP contribution in [0.4, 0.5) is 5.69 Å². The van der Waals surface area contributed by atoms with Crippen LogP contribution in [0.25, 0.3) is 0 Å². The molecule has 1 saturated heterocycles. The highest BCUT2D eigenvalue weighted by atomic mass is 16.2. The van der Waals surface area contributed by atoms with Gasteiger partial charge in [-0.25, -0.2) is 0 Å². The highest BCUT2D eigenvalue weighted by Crippen LogP contribution is 2.18. The maximum Gasteiger partial charge on any atom is 0.275 e. The molecule has 0 aromatic heterocycles. The van der Waals surface area contributed by atoms with Crippen LogP contribution in [-0.2, 0) is 16.1 Å². The van der Waals surface area contributed by atoms with Crippen molar-refractivity contribution in [2.24, 2.45) is 0 Å². The molecule has 2 aromatic carbocycles. The predicted octanol–water partition coefficient (Wildman–Crippen LogP) is -0.350. The molecule has 6 heteroatoms. The second kappa shape index (κ2) is 10.4. The van der Waals surface area contributed by atoms with Crippen molar-refractivity contribution >= 4 is 17.5 Å². The summed E-state index contributed by atoms with van der Waals surface area (Å²) in [6.07, 6.45) is 0. The standard InChI is InChI=1S/C24H32N4O2/c1-18-6-4-9-21(14-18)16-27-10-12-28(13-11-27)17-23(30)25-15-22(29)26-24-19(2)7-5-8-20(24)3/h4-9,14H,10-13,15-17H2,1-3H3,(H,25,30)(H,26,29)/p+2. The zero-order valence-electron chi connectivity index (χ0n) is 18.3. The number of carbonyl (C=O) groups is 2. The van der Waals surface area contributed by atoms with Gasteiger partial charge in [-0.05, 0) is 31.9 Å². The largest absolute Gasteiger partial charge is 0.342 e. The number of anilines is 1. The fraction of sp³-hybridized carbons (Fsp3) is 0.417. The molecule has 6 nitrogen and oxygen atoms in total. The van der Waals surface area contributed by atoms with E-state index in [-0.39, 0.29) is 18.4 Å². The van der Waals surface area contributed by atoms with Crippen LogP contribution in [-0.4, -0.2) is 51.1 Å². The summed E-state index contributed by atoms with van der Waals surface area (Å²) in [6.45, 7) is 11.6. The summed E-state index contributed by atoms with van der Waals surface area (Å²) in [4.78, 5) is 27.4. The molecule has 0 spiro atoms. The van der Waals surface area contributed by atoms with Gasteiger partial charge in [0.15, 0.2) is 6.54 Å². The van der Waals surface area contributed by atoms with E-state index < -0.39 is 0 Å². The van der Waals surface area contributed by atoms with Crippen LogP contribution in [0.15, 0.2) is 42.5 Å². The highest BCUT2D eigenvalue weighted by Gasteiger charge is 2.25. The Bertz CT molecular complexity index is 868. The number of quaternary nitrogens is 2. The SMILES string of the molecule is Cc1cccc(C[NH+]2CC[NH+](CC(=O)NCC(=O)Nc3c(C)cccc3C)CC2)c1. The van der Waals surface area contributed by atoms with Crippen molar-refractivity contribution in [3.63, 3.8) is 0 Å². The molecule has 2 aromatic rings. The molecule has 160 valence electrons. The first-order valence-corrected chi connectivity index (χ1v) is 10.8. The number of para-hydroxylation sites is 1. The second-order valence-electron chi connectivity index (χ2n) is 8.43. The van der Waals surface area contributed by atoms with E-state index in [2.05, 4.69) is 41.8 Å². The average molecular weight is 411 g/mol. The molecule has 0 aliphatic carbocycles. The quantitative estimate of drug-likeness (QED) is 0.504. The number of nitrogens with one attached hydrogen (secondary N) is 4. The van der Waals surface area contributed by atoms with Crippen LogP contribution in [0.3, 0.4) is 0 Å². The number of aryl methyl sites for hydroxylation is 3. The molecule has 1 aliphatic heterocycles. The van der Waals surface area contributed by atoms with Gasteiger partial charge in [0, 0.05) is 11.3 Å². The zero-order valence-corrected chi connectivity index (χ0v) is 18.3. The Hall–Kier alpha value is -2.70. The molecule has 1 heterocycles. The molecular formula is C24H34N4O2+2. The summed E-state index contributed by atoms with van der Waals surface area (Å²) in [6, 6.07) is 14.6. The Morgan fingerprint density at radius 3 is 2.17 bits per heavy atom. The van der Waals surface area contributed by atoms with E-state index in [1.807, 2.05) is 32.0 Å². The van der Waals surface area contributed by atoms with Crippen molar-refractivity contribution in [3.8, 4) is 0 Å². The molecule has 30 heavy (non-hydrogen) atoms. The molecule has 1 fully saturated rings. The fourth-order valence-corrected chi connectivity index (χ4v) is 4.09. The van der Waals surface area contributed by atoms with Gasteiger partial charge in [0.05, 0.1) is 6.54 Å². The third kappa shape index (κ3) is 6.40. The lowest BCUT2D eigenvalue weighted by atomic mass is 10.1. The van der Waals surface area contributed by atoms with Crippen molar-refractivity contribution in [2.75, 3.05) is 44.6 Å². The first-order chi connectivity index (χ1) is 14.4. The lowest BCUT2D eigenvalue weighted by Crippen LogP contribution is -3.28. The summed E-state index contributed by atoms with van der Waals surface area (Å²) in [7, 11) is 0. The van der Waals surface area contributed by atoms with E-state index in [0.717, 1.165) is 49.5 Å². The number of rotatable bonds is 7. The van der Waals surface area contributed by atoms with Crippen molar-refractivity contribution in [1.29, 1.82) is 0 Å². The van der Waals surface area contributed by atoms with Crippen molar-refractivity contribution < 1.29 is 19.4 Å². The van der Waals surface area contributed by atoms with E-state index >= 15 is 0 Å². The molecule has 0 atom stereocenters. The maximum absolute atomic E-state index is 12.3. The number of piperazine rings is 1. The van der Waals surface area contributed by atoms with Crippen molar-refractivity contribution in [1.82, 2.24) is 5.32 Å². The Labute approximate surface area is 179 Å². The van der Waals surface area contributed by atoms with Gasteiger partial charge in [0.25, 0.3) is 5.91 Å². The number of carbonyl (C=O) groups excluding carboxylic acids is 2. The number of amides is 2. The summed E-state index contributed by atoms with van der Waals surface area (Å²) in [5.41, 5.74) is 5.54. The fourth-order valence-electron chi connectivity index (χ4n) is 4.09. The van der Waals surface area contributed by atoms with Gasteiger partial charge < -0.3 is 20.4 Å². The molecule has 2 amide bonds. The Kier molecular flexibility index (Phi) is 7.60. The summed E-state index contributed by atoms with van der Waals surface area (Å²) in [5.74, 6) is -0.257. The van der Waals surface area contributed by atoms with Gasteiger partial charge in [-0.15, -0.1) is 0 Å². The average Bonchev–Trinajstić information content (AvgIpc) is 2.71. The van der Waals surface area contributed by atoms with Gasteiger partial charge in [0.2, 0.25) is 5.91 Å². The minimum atomic E-state index is -0.192. The topological polar surface area (TPSA) is 67.1 Å². The van der Waals surface area contributed by atoms with Crippen molar-refractivity contribution in [3.05, 3.63) is 64.7 Å². The molecule has 4 N–H and O–H groups in total. The van der Waals surface area contributed by atoms with E-state index in [4.69, 9.17) is 0 Å².